The van der Waals surface area contributed by atoms with Crippen LogP contribution in [0.15, 0.2) is 48.5 Å². The molecular formula is C19H18FNO3. The van der Waals surface area contributed by atoms with Gasteiger partial charge in [-0.1, -0.05) is 30.3 Å². The molecule has 0 unspecified atom stereocenters. The molecule has 0 radical (unpaired) electrons. The summed E-state index contributed by atoms with van der Waals surface area (Å²) in [6.07, 6.45) is 2.12. The summed E-state index contributed by atoms with van der Waals surface area (Å²) in [4.78, 5) is 23.4. The summed E-state index contributed by atoms with van der Waals surface area (Å²) < 4.78 is 13.4. The molecule has 2 aromatic carbocycles. The number of carboxylic acids is 1. The first-order valence-corrected chi connectivity index (χ1v) is 7.88. The molecule has 5 heteroatoms. The lowest BCUT2D eigenvalue weighted by Crippen LogP contribution is -2.35. The van der Waals surface area contributed by atoms with Crippen molar-refractivity contribution in [2.24, 2.45) is 0 Å². The summed E-state index contributed by atoms with van der Waals surface area (Å²) in [5.74, 6) is -1.47. The topological polar surface area (TPSA) is 66.4 Å². The normalized spacial score (nSPS) is 14.9. The van der Waals surface area contributed by atoms with Crippen LogP contribution in [-0.2, 0) is 16.8 Å². The summed E-state index contributed by atoms with van der Waals surface area (Å²) in [6, 6.07) is 13.0. The van der Waals surface area contributed by atoms with E-state index in [1.54, 1.807) is 24.3 Å². The average Bonchev–Trinajstić information content (AvgIpc) is 3.34. The van der Waals surface area contributed by atoms with E-state index in [9.17, 15) is 14.0 Å². The van der Waals surface area contributed by atoms with Crippen LogP contribution in [0.4, 0.5) is 4.39 Å². The highest BCUT2D eigenvalue weighted by atomic mass is 19.1. The quantitative estimate of drug-likeness (QED) is 0.856. The molecule has 0 aromatic heterocycles. The minimum atomic E-state index is -0.996. The van der Waals surface area contributed by atoms with E-state index in [0.29, 0.717) is 12.0 Å². The summed E-state index contributed by atoms with van der Waals surface area (Å²) in [6.45, 7) is 0. The van der Waals surface area contributed by atoms with Crippen LogP contribution in [0, 0.1) is 5.82 Å². The maximum absolute atomic E-state index is 13.4. The molecule has 1 aliphatic rings. The van der Waals surface area contributed by atoms with Gasteiger partial charge >= 0.3 is 5.97 Å². The van der Waals surface area contributed by atoms with Gasteiger partial charge in [-0.15, -0.1) is 0 Å². The van der Waals surface area contributed by atoms with Crippen molar-refractivity contribution < 1.29 is 19.1 Å². The van der Waals surface area contributed by atoms with Crippen molar-refractivity contribution in [3.05, 3.63) is 71.0 Å². The maximum atomic E-state index is 13.4. The third kappa shape index (κ3) is 3.45. The molecule has 3 rings (SSSR count). The Hall–Kier alpha value is -2.69. The van der Waals surface area contributed by atoms with Gasteiger partial charge in [0.15, 0.2) is 0 Å². The lowest BCUT2D eigenvalue weighted by Gasteiger charge is -2.18. The molecule has 2 aromatic rings. The number of rotatable bonds is 6. The number of carboxylic acid groups (broad SMARTS) is 1. The zero-order chi connectivity index (χ0) is 17.2. The van der Waals surface area contributed by atoms with Crippen molar-refractivity contribution >= 4 is 11.9 Å². The van der Waals surface area contributed by atoms with Gasteiger partial charge < -0.3 is 10.4 Å². The van der Waals surface area contributed by atoms with Crippen LogP contribution in [0.3, 0.4) is 0 Å². The molecule has 0 aliphatic heterocycles. The zero-order valence-corrected chi connectivity index (χ0v) is 13.1. The molecule has 4 nitrogen and oxygen atoms in total. The summed E-state index contributed by atoms with van der Waals surface area (Å²) in [5, 5.41) is 12.1. The molecule has 0 heterocycles. The van der Waals surface area contributed by atoms with Crippen molar-refractivity contribution in [2.45, 2.75) is 31.2 Å². The van der Waals surface area contributed by atoms with E-state index in [0.717, 1.165) is 18.4 Å². The van der Waals surface area contributed by atoms with E-state index in [4.69, 9.17) is 5.11 Å². The number of halogens is 1. The van der Waals surface area contributed by atoms with Gasteiger partial charge in [0.05, 0.1) is 11.1 Å². The second-order valence-electron chi connectivity index (χ2n) is 6.10. The average molecular weight is 327 g/mol. The van der Waals surface area contributed by atoms with Crippen LogP contribution >= 0.6 is 0 Å². The number of amides is 1. The van der Waals surface area contributed by atoms with Crippen LogP contribution in [0.1, 0.15) is 40.7 Å². The highest BCUT2D eigenvalue weighted by Gasteiger charge is 2.45. The summed E-state index contributed by atoms with van der Waals surface area (Å²) in [5.41, 5.74) is 1.17. The first-order chi connectivity index (χ1) is 11.5. The van der Waals surface area contributed by atoms with E-state index in [1.165, 1.54) is 18.2 Å². The fourth-order valence-corrected chi connectivity index (χ4v) is 2.92. The largest absolute Gasteiger partial charge is 0.478 e. The van der Waals surface area contributed by atoms with Crippen LogP contribution in [0.2, 0.25) is 0 Å². The van der Waals surface area contributed by atoms with Crippen LogP contribution in [0.5, 0.6) is 0 Å². The second kappa shape index (κ2) is 6.43. The number of hydrogen-bond donors (Lipinski definition) is 2. The van der Waals surface area contributed by atoms with E-state index in [-0.39, 0.29) is 23.7 Å². The molecule has 2 N–H and O–H groups in total. The fourth-order valence-electron chi connectivity index (χ4n) is 2.92. The van der Waals surface area contributed by atoms with Gasteiger partial charge in [0, 0.05) is 6.42 Å². The molecule has 0 saturated heterocycles. The number of carbonyl (C=O) groups is 2. The first-order valence-electron chi connectivity index (χ1n) is 7.88. The molecular weight excluding hydrogens is 309 g/mol. The fraction of sp³-hybridized carbons (Fsp3) is 0.263. The third-order valence-electron chi connectivity index (χ3n) is 4.38. The molecule has 24 heavy (non-hydrogen) atoms. The van der Waals surface area contributed by atoms with Crippen molar-refractivity contribution in [1.29, 1.82) is 0 Å². The van der Waals surface area contributed by atoms with Gasteiger partial charge in [-0.25, -0.2) is 9.18 Å². The third-order valence-corrected chi connectivity index (χ3v) is 4.38. The Balaban J connectivity index is 1.64. The number of carbonyl (C=O) groups excluding carboxylic acids is 1. The predicted molar refractivity (Wildman–Crippen MR) is 87.2 cm³/mol. The number of aromatic carboxylic acids is 1. The molecule has 1 saturated carbocycles. The second-order valence-corrected chi connectivity index (χ2v) is 6.10. The molecule has 0 atom stereocenters. The van der Waals surface area contributed by atoms with E-state index >= 15 is 0 Å². The van der Waals surface area contributed by atoms with Gasteiger partial charge in [-0.05, 0) is 48.6 Å². The van der Waals surface area contributed by atoms with E-state index < -0.39 is 11.5 Å². The Kier molecular flexibility index (Phi) is 4.34. The Bertz CT molecular complexity index is 784. The smallest absolute Gasteiger partial charge is 0.335 e. The molecule has 1 amide bonds. The van der Waals surface area contributed by atoms with Gasteiger partial charge in [0.25, 0.3) is 0 Å². The molecule has 1 fully saturated rings. The highest BCUT2D eigenvalue weighted by Crippen LogP contribution is 2.45. The van der Waals surface area contributed by atoms with Crippen molar-refractivity contribution in [2.75, 3.05) is 0 Å². The van der Waals surface area contributed by atoms with Gasteiger partial charge in [0.2, 0.25) is 5.91 Å². The van der Waals surface area contributed by atoms with Crippen LogP contribution < -0.4 is 5.32 Å². The molecule has 1 aliphatic carbocycles. The van der Waals surface area contributed by atoms with Gasteiger partial charge in [0.1, 0.15) is 5.82 Å². The number of hydrogen-bond acceptors (Lipinski definition) is 2. The zero-order valence-electron chi connectivity index (χ0n) is 13.1. The Morgan fingerprint density at radius 3 is 2.54 bits per heavy atom. The molecule has 0 bridgehead atoms. The maximum Gasteiger partial charge on any atom is 0.335 e. The van der Waals surface area contributed by atoms with Crippen molar-refractivity contribution in [3.63, 3.8) is 0 Å². The van der Waals surface area contributed by atoms with Gasteiger partial charge in [-0.2, -0.15) is 0 Å². The first kappa shape index (κ1) is 16.2. The van der Waals surface area contributed by atoms with E-state index in [2.05, 4.69) is 5.32 Å². The Morgan fingerprint density at radius 1 is 1.12 bits per heavy atom. The minimum absolute atomic E-state index is 0.156. The summed E-state index contributed by atoms with van der Waals surface area (Å²) >= 11 is 0. The minimum Gasteiger partial charge on any atom is -0.478 e. The highest BCUT2D eigenvalue weighted by molar-refractivity contribution is 5.89. The number of aryl methyl sites for hydroxylation is 1. The molecule has 124 valence electrons. The lowest BCUT2D eigenvalue weighted by atomic mass is 10.0. The Morgan fingerprint density at radius 2 is 1.88 bits per heavy atom. The van der Waals surface area contributed by atoms with Crippen LogP contribution in [0.25, 0.3) is 0 Å². The predicted octanol–water partition coefficient (Wildman–Crippen LogP) is 3.26. The monoisotopic (exact) mass is 327 g/mol. The number of nitrogens with one attached hydrogen (secondary N) is 1. The van der Waals surface area contributed by atoms with Crippen molar-refractivity contribution in [3.8, 4) is 0 Å². The summed E-state index contributed by atoms with van der Waals surface area (Å²) in [7, 11) is 0. The standard InChI is InChI=1S/C19H18FNO3/c20-15-6-3-5-14(12-15)19(10-11-19)21-17(22)9-8-13-4-1-2-7-16(13)18(23)24/h1-7,12H,8-11H2,(H,21,22)(H,23,24). The Labute approximate surface area is 139 Å². The molecule has 0 spiro atoms. The number of benzene rings is 2. The lowest BCUT2D eigenvalue weighted by molar-refractivity contribution is -0.122. The SMILES string of the molecule is O=C(CCc1ccccc1C(=O)O)NC1(c2cccc(F)c2)CC1. The van der Waals surface area contributed by atoms with Gasteiger partial charge in [-0.3, -0.25) is 4.79 Å². The van der Waals surface area contributed by atoms with Crippen LogP contribution in [-0.4, -0.2) is 17.0 Å². The van der Waals surface area contributed by atoms with E-state index in [1.807, 2.05) is 6.07 Å². The van der Waals surface area contributed by atoms with Crippen molar-refractivity contribution in [1.82, 2.24) is 5.32 Å².